The molecule has 252 valence electrons. The Balaban J connectivity index is 1.38. The molecular formula is C32H38FN5O9. The average molecular weight is 656 g/mol. The van der Waals surface area contributed by atoms with Gasteiger partial charge in [-0.3, -0.25) is 33.8 Å². The number of nitrogens with one attached hydrogen (secondary N) is 1. The molecule has 3 aliphatic carbocycles. The summed E-state index contributed by atoms with van der Waals surface area (Å²) in [5.41, 5.74) is -0.121. The van der Waals surface area contributed by atoms with Gasteiger partial charge < -0.3 is 36.4 Å². The van der Waals surface area contributed by atoms with Crippen LogP contribution in [0.2, 0.25) is 0 Å². The first kappa shape index (κ1) is 32.6. The monoisotopic (exact) mass is 655 g/mol. The van der Waals surface area contributed by atoms with Crippen LogP contribution in [0.4, 0.5) is 10.1 Å². The van der Waals surface area contributed by atoms with Gasteiger partial charge in [0.25, 0.3) is 5.91 Å². The number of phenolic OH excluding ortho intramolecular Hbond substituents is 1. The number of primary amides is 1. The summed E-state index contributed by atoms with van der Waals surface area (Å²) >= 11 is 0. The first-order chi connectivity index (χ1) is 22.2. The van der Waals surface area contributed by atoms with Gasteiger partial charge in [-0.15, -0.1) is 0 Å². The lowest BCUT2D eigenvalue weighted by atomic mass is 9.58. The van der Waals surface area contributed by atoms with E-state index in [0.717, 1.165) is 36.6 Å². The minimum absolute atomic E-state index is 0.0193. The fraction of sp³-hybridized carbons (Fsp3) is 0.531. The standard InChI is InChI=1S/C32H38FN5O9/c1-36(21(40)14-38-8-4-5-9-38)19-12-18(33)16-10-15-11-17-25(35-20(39)13-37-6-2-3-7-37)28(43)24(31(34)46)30(45)32(17,47)29(44)22(15)27(42)23(16)26(19)41/h12,15,17,25,41,43-44,47H,2-11,13-14H2,1H3,(H2,34,46)(H,35,39)/t15-,17-,25-,32-/m0/s1. The number of Topliss-reactive ketones (excluding diaryl/α,β-unsaturated/α-hetero) is 2. The van der Waals surface area contributed by atoms with Crippen molar-refractivity contribution in [3.8, 4) is 5.75 Å². The van der Waals surface area contributed by atoms with Crippen molar-refractivity contribution in [2.24, 2.45) is 17.6 Å². The molecule has 0 unspecified atom stereocenters. The largest absolute Gasteiger partial charge is 0.509 e. The number of carbonyl (C=O) groups excluding carboxylic acids is 5. The highest BCUT2D eigenvalue weighted by Crippen LogP contribution is 2.52. The van der Waals surface area contributed by atoms with Gasteiger partial charge in [-0.25, -0.2) is 4.39 Å². The molecule has 2 saturated heterocycles. The highest BCUT2D eigenvalue weighted by atomic mass is 19.1. The molecule has 2 heterocycles. The summed E-state index contributed by atoms with van der Waals surface area (Å²) < 4.78 is 15.7. The summed E-state index contributed by atoms with van der Waals surface area (Å²) in [6, 6.07) is -0.609. The van der Waals surface area contributed by atoms with Crippen LogP contribution < -0.4 is 16.0 Å². The van der Waals surface area contributed by atoms with Gasteiger partial charge in [0.15, 0.2) is 17.1 Å². The third-order valence-corrected chi connectivity index (χ3v) is 10.3. The molecule has 6 rings (SSSR count). The van der Waals surface area contributed by atoms with E-state index in [1.165, 1.54) is 7.05 Å². The van der Waals surface area contributed by atoms with Crippen LogP contribution >= 0.6 is 0 Å². The number of fused-ring (bicyclic) bond motifs is 3. The molecule has 7 N–H and O–H groups in total. The summed E-state index contributed by atoms with van der Waals surface area (Å²) in [7, 11) is 1.34. The zero-order chi connectivity index (χ0) is 33.9. The Kier molecular flexibility index (Phi) is 8.34. The number of nitrogens with zero attached hydrogens (tertiary/aromatic N) is 3. The summed E-state index contributed by atoms with van der Waals surface area (Å²) in [5.74, 6) is -11.2. The van der Waals surface area contributed by atoms with Crippen molar-refractivity contribution in [2.45, 2.75) is 50.2 Å². The van der Waals surface area contributed by atoms with Gasteiger partial charge in [-0.2, -0.15) is 0 Å². The molecular weight excluding hydrogens is 617 g/mol. The quantitative estimate of drug-likeness (QED) is 0.215. The topological polar surface area (TPSA) is 214 Å². The molecule has 5 aliphatic rings. The number of amides is 3. The van der Waals surface area contributed by atoms with Gasteiger partial charge in [0.1, 0.15) is 22.9 Å². The molecule has 14 nitrogen and oxygen atoms in total. The molecule has 0 radical (unpaired) electrons. The van der Waals surface area contributed by atoms with E-state index in [4.69, 9.17) is 5.73 Å². The Labute approximate surface area is 269 Å². The number of halogens is 1. The van der Waals surface area contributed by atoms with E-state index in [0.29, 0.717) is 26.2 Å². The second-order valence-electron chi connectivity index (χ2n) is 13.1. The minimum atomic E-state index is -2.98. The summed E-state index contributed by atoms with van der Waals surface area (Å²) in [4.78, 5) is 70.8. The highest BCUT2D eigenvalue weighted by molar-refractivity contribution is 6.25. The third kappa shape index (κ3) is 5.26. The van der Waals surface area contributed by atoms with Crippen LogP contribution in [0.25, 0.3) is 0 Å². The Morgan fingerprint density at radius 1 is 1.04 bits per heavy atom. The van der Waals surface area contributed by atoms with Gasteiger partial charge in [0.2, 0.25) is 17.6 Å². The number of ketones is 2. The van der Waals surface area contributed by atoms with E-state index in [9.17, 15) is 44.4 Å². The Bertz CT molecular complexity index is 1650. The zero-order valence-electron chi connectivity index (χ0n) is 25.9. The predicted molar refractivity (Wildman–Crippen MR) is 163 cm³/mol. The summed E-state index contributed by atoms with van der Waals surface area (Å²) in [6.07, 6.45) is 3.06. The molecule has 2 aliphatic heterocycles. The Morgan fingerprint density at radius 2 is 1.64 bits per heavy atom. The van der Waals surface area contributed by atoms with Gasteiger partial charge in [0, 0.05) is 30.2 Å². The van der Waals surface area contributed by atoms with Crippen LogP contribution in [0.1, 0.15) is 48.0 Å². The first-order valence-electron chi connectivity index (χ1n) is 15.8. The number of aliphatic hydroxyl groups excluding tert-OH is 2. The number of hydrogen-bond donors (Lipinski definition) is 6. The number of likely N-dealkylation sites (tertiary alicyclic amines) is 2. The minimum Gasteiger partial charge on any atom is -0.509 e. The number of rotatable bonds is 7. The average Bonchev–Trinajstić information content (AvgIpc) is 3.73. The van der Waals surface area contributed by atoms with Gasteiger partial charge >= 0.3 is 0 Å². The predicted octanol–water partition coefficient (Wildman–Crippen LogP) is -0.0313. The zero-order valence-corrected chi connectivity index (χ0v) is 25.9. The molecule has 4 atom stereocenters. The summed E-state index contributed by atoms with van der Waals surface area (Å²) in [5, 5.41) is 48.3. The number of aliphatic hydroxyl groups is 3. The van der Waals surface area contributed by atoms with Crippen LogP contribution in [0.15, 0.2) is 28.7 Å². The normalized spacial score (nSPS) is 27.9. The highest BCUT2D eigenvalue weighted by Gasteiger charge is 2.63. The maximum atomic E-state index is 15.7. The van der Waals surface area contributed by atoms with E-state index < -0.39 is 92.6 Å². The van der Waals surface area contributed by atoms with Crippen molar-refractivity contribution in [3.05, 3.63) is 45.7 Å². The third-order valence-electron chi connectivity index (χ3n) is 10.3. The number of hydrogen-bond acceptors (Lipinski definition) is 11. The van der Waals surface area contributed by atoms with Crippen LogP contribution in [0.3, 0.4) is 0 Å². The van der Waals surface area contributed by atoms with Crippen molar-refractivity contribution in [1.82, 2.24) is 15.1 Å². The molecule has 3 amide bonds. The van der Waals surface area contributed by atoms with Crippen molar-refractivity contribution in [2.75, 3.05) is 51.2 Å². The number of benzene rings is 1. The number of allylic oxidation sites excluding steroid dienone is 1. The lowest BCUT2D eigenvalue weighted by Gasteiger charge is -2.48. The molecule has 2 fully saturated rings. The van der Waals surface area contributed by atoms with Crippen LogP contribution in [0, 0.1) is 17.7 Å². The summed E-state index contributed by atoms with van der Waals surface area (Å²) in [6.45, 7) is 2.71. The Morgan fingerprint density at radius 3 is 2.23 bits per heavy atom. The second kappa shape index (κ2) is 12.0. The van der Waals surface area contributed by atoms with Crippen molar-refractivity contribution >= 4 is 35.0 Å². The lowest BCUT2D eigenvalue weighted by Crippen LogP contribution is -2.65. The molecule has 15 heteroatoms. The van der Waals surface area contributed by atoms with E-state index in [1.54, 1.807) is 0 Å². The maximum absolute atomic E-state index is 15.7. The van der Waals surface area contributed by atoms with Crippen molar-refractivity contribution in [3.63, 3.8) is 0 Å². The van der Waals surface area contributed by atoms with Crippen LogP contribution in [-0.4, -0.2) is 117 Å². The number of aromatic hydroxyl groups is 1. The van der Waals surface area contributed by atoms with Gasteiger partial charge in [0.05, 0.1) is 30.4 Å². The fourth-order valence-corrected chi connectivity index (χ4v) is 7.84. The molecule has 1 aromatic carbocycles. The number of phenols is 1. The van der Waals surface area contributed by atoms with Gasteiger partial charge in [-0.1, -0.05) is 0 Å². The Hall–Kier alpha value is -4.34. The number of carbonyl (C=O) groups is 5. The lowest BCUT2D eigenvalue weighted by molar-refractivity contribution is -0.147. The van der Waals surface area contributed by atoms with E-state index >= 15 is 4.39 Å². The molecule has 0 aromatic heterocycles. The second-order valence-corrected chi connectivity index (χ2v) is 13.1. The molecule has 47 heavy (non-hydrogen) atoms. The maximum Gasteiger partial charge on any atom is 0.255 e. The van der Waals surface area contributed by atoms with Crippen LogP contribution in [0.5, 0.6) is 5.75 Å². The molecule has 0 saturated carbocycles. The van der Waals surface area contributed by atoms with E-state index in [1.807, 2.05) is 9.80 Å². The smallest absolute Gasteiger partial charge is 0.255 e. The van der Waals surface area contributed by atoms with Crippen molar-refractivity contribution < 1.29 is 48.8 Å². The molecule has 0 bridgehead atoms. The number of nitrogens with two attached hydrogens (primary N) is 1. The van der Waals surface area contributed by atoms with E-state index in [2.05, 4.69) is 5.32 Å². The first-order valence-corrected chi connectivity index (χ1v) is 15.8. The SMILES string of the molecule is CN(C(=O)CN1CCCC1)c1cc(F)c2c(c1O)C(=O)C1=C(O)[C@]3(O)C(=O)C(C(N)=O)=C(O)[C@@H](NC(=O)CN4CCCC4)[C@@H]3C[C@@H]1C2. The number of anilines is 1. The number of likely N-dealkylation sites (N-methyl/N-ethyl adjacent to an activating group) is 1. The van der Waals surface area contributed by atoms with Crippen molar-refractivity contribution in [1.29, 1.82) is 0 Å². The van der Waals surface area contributed by atoms with E-state index in [-0.39, 0.29) is 37.2 Å². The fourth-order valence-electron chi connectivity index (χ4n) is 7.84. The molecule has 1 aromatic rings. The van der Waals surface area contributed by atoms with Crippen LogP contribution in [-0.2, 0) is 25.6 Å². The molecule has 0 spiro atoms. The van der Waals surface area contributed by atoms with Gasteiger partial charge in [-0.05, 0) is 70.6 Å².